The van der Waals surface area contributed by atoms with Crippen LogP contribution in [0.4, 0.5) is 5.69 Å². The number of ether oxygens (including phenoxy) is 5. The van der Waals surface area contributed by atoms with Gasteiger partial charge in [0.2, 0.25) is 5.60 Å². The molecule has 18 nitrogen and oxygen atoms in total. The molecule has 1 fully saturated rings. The topological polar surface area (TPSA) is 255 Å². The van der Waals surface area contributed by atoms with Crippen LogP contribution >= 0.6 is 7.75 Å². The van der Waals surface area contributed by atoms with Gasteiger partial charge in [0.15, 0.2) is 12.2 Å². The highest BCUT2D eigenvalue weighted by molar-refractivity contribution is 7.52. The highest BCUT2D eigenvalue weighted by atomic mass is 31.2. The van der Waals surface area contributed by atoms with Crippen LogP contribution in [0.3, 0.4) is 0 Å². The molecule has 0 bridgehead atoms. The molecule has 1 unspecified atom stereocenters. The Bertz CT molecular complexity index is 1980. The lowest BCUT2D eigenvalue weighted by atomic mass is 9.95. The molecule has 0 spiro atoms. The van der Waals surface area contributed by atoms with Gasteiger partial charge in [0, 0.05) is 6.20 Å². The summed E-state index contributed by atoms with van der Waals surface area (Å²) >= 11 is 0. The lowest BCUT2D eigenvalue weighted by Crippen LogP contribution is -2.50. The summed E-state index contributed by atoms with van der Waals surface area (Å²) in [5.74, 6) is -4.20. The van der Waals surface area contributed by atoms with Crippen molar-refractivity contribution in [3.8, 4) is 11.8 Å². The monoisotopic (exact) mass is 800 g/mol. The van der Waals surface area contributed by atoms with Crippen molar-refractivity contribution in [2.24, 2.45) is 17.6 Å². The van der Waals surface area contributed by atoms with Crippen LogP contribution in [0, 0.1) is 23.2 Å². The molecule has 56 heavy (non-hydrogen) atoms. The molecule has 4 rings (SSSR count). The van der Waals surface area contributed by atoms with Crippen molar-refractivity contribution in [3.05, 3.63) is 59.9 Å². The van der Waals surface area contributed by atoms with Crippen molar-refractivity contribution in [2.45, 2.75) is 97.0 Å². The van der Waals surface area contributed by atoms with Crippen LogP contribution in [0.5, 0.6) is 5.75 Å². The number of hydrogen-bond acceptors (Lipinski definition) is 16. The number of carbonyl (C=O) groups excluding carboxylic acids is 4. The average Bonchev–Trinajstić information content (AvgIpc) is 3.70. The van der Waals surface area contributed by atoms with Gasteiger partial charge in [-0.2, -0.15) is 15.4 Å². The third-order valence-corrected chi connectivity index (χ3v) is 10.2. The second-order valence-electron chi connectivity index (χ2n) is 14.1. The summed E-state index contributed by atoms with van der Waals surface area (Å²) < 4.78 is 55.9. The van der Waals surface area contributed by atoms with Crippen molar-refractivity contribution >= 4 is 42.8 Å². The number of nitriles is 1. The van der Waals surface area contributed by atoms with Crippen molar-refractivity contribution in [1.29, 1.82) is 5.26 Å². The van der Waals surface area contributed by atoms with Gasteiger partial charge in [0.05, 0.1) is 41.9 Å². The van der Waals surface area contributed by atoms with E-state index >= 15 is 0 Å². The standard InChI is InChI=1S/C37H49N6O12P/c1-20(2)33(44)52-31-30(29-14-13-28-26(39)15-16-41-43(28)29)54-37(18-38,32(31)53-34(45)21(3)4)19-50-56(48,42-23(7)35(46)49-8)55-25-11-9-24(10-12-25)17-27(40)36(47)51-22(5)6/h9-16,20-23,27,30-32H,17,19,39-40H2,1-8H3,(H,42,48)/t23-,27-,30-,31-,32-,37+,56?/m0/s1. The molecule has 3 heterocycles. The molecule has 0 aliphatic carbocycles. The summed E-state index contributed by atoms with van der Waals surface area (Å²) in [7, 11) is -3.55. The van der Waals surface area contributed by atoms with Crippen molar-refractivity contribution < 1.29 is 56.5 Å². The van der Waals surface area contributed by atoms with E-state index in [4.69, 9.17) is 44.2 Å². The molecular weight excluding hydrogens is 751 g/mol. The molecule has 1 aliphatic rings. The minimum Gasteiger partial charge on any atom is -0.468 e. The first-order valence-electron chi connectivity index (χ1n) is 17.9. The highest BCUT2D eigenvalue weighted by Gasteiger charge is 2.62. The van der Waals surface area contributed by atoms with Gasteiger partial charge in [0.25, 0.3) is 0 Å². The number of methoxy groups -OCH3 is 1. The van der Waals surface area contributed by atoms with E-state index in [1.807, 2.05) is 6.07 Å². The number of carbonyl (C=O) groups is 4. The molecule has 0 radical (unpaired) electrons. The zero-order valence-electron chi connectivity index (χ0n) is 32.5. The molecule has 7 atom stereocenters. The van der Waals surface area contributed by atoms with E-state index in [-0.39, 0.29) is 24.0 Å². The van der Waals surface area contributed by atoms with Crippen LogP contribution in [0.15, 0.2) is 48.7 Å². The first-order chi connectivity index (χ1) is 26.3. The Hall–Kier alpha value is -5.05. The Labute approximate surface area is 324 Å². The smallest absolute Gasteiger partial charge is 0.459 e. The summed E-state index contributed by atoms with van der Waals surface area (Å²) in [6.07, 6.45) is -3.19. The maximum Gasteiger partial charge on any atom is 0.459 e. The van der Waals surface area contributed by atoms with E-state index < -0.39 is 86.1 Å². The summed E-state index contributed by atoms with van der Waals surface area (Å²) in [6.45, 7) is 10.2. The molecule has 304 valence electrons. The van der Waals surface area contributed by atoms with Gasteiger partial charge in [-0.25, -0.2) is 9.08 Å². The maximum absolute atomic E-state index is 14.6. The molecule has 1 aliphatic heterocycles. The number of fused-ring (bicyclic) bond motifs is 1. The molecule has 2 aromatic heterocycles. The Morgan fingerprint density at radius 3 is 2.20 bits per heavy atom. The first kappa shape index (κ1) is 43.7. The predicted molar refractivity (Wildman–Crippen MR) is 199 cm³/mol. The number of rotatable bonds is 17. The molecule has 0 amide bonds. The fraction of sp³-hybridized carbons (Fsp3) is 0.514. The van der Waals surface area contributed by atoms with Crippen LogP contribution in [-0.2, 0) is 58.4 Å². The minimum absolute atomic E-state index is 0.00829. The predicted octanol–water partition coefficient (Wildman–Crippen LogP) is 3.56. The number of nitrogens with one attached hydrogen (secondary N) is 1. The summed E-state index contributed by atoms with van der Waals surface area (Å²) in [6, 6.07) is 10.7. The number of nitrogen functional groups attached to an aromatic ring is 1. The molecule has 0 saturated carbocycles. The van der Waals surface area contributed by atoms with E-state index in [0.717, 1.165) is 7.11 Å². The summed E-state index contributed by atoms with van der Waals surface area (Å²) in [5, 5.41) is 17.7. The first-order valence-corrected chi connectivity index (χ1v) is 19.4. The number of anilines is 1. The van der Waals surface area contributed by atoms with Crippen molar-refractivity contribution in [3.63, 3.8) is 0 Å². The van der Waals surface area contributed by atoms with Gasteiger partial charge >= 0.3 is 31.6 Å². The van der Waals surface area contributed by atoms with Crippen LogP contribution in [0.25, 0.3) is 5.52 Å². The zero-order valence-corrected chi connectivity index (χ0v) is 33.4. The third-order valence-electron chi connectivity index (χ3n) is 8.54. The SMILES string of the molecule is COC(=O)[C@H](C)NP(=O)(OC[C@@]1(C#N)O[C@@H](c2ccc3c(N)ccnn23)[C@H](OC(=O)C(C)C)[C@@H]1OC(=O)C(C)C)Oc1ccc(C[C@H](N)C(=O)OC(C)C)cc1. The average molecular weight is 801 g/mol. The van der Waals surface area contributed by atoms with Crippen LogP contribution in [-0.4, -0.2) is 83.2 Å². The van der Waals surface area contributed by atoms with E-state index in [9.17, 15) is 29.0 Å². The second kappa shape index (κ2) is 18.3. The largest absolute Gasteiger partial charge is 0.468 e. The quantitative estimate of drug-likeness (QED) is 0.100. The molecule has 1 saturated heterocycles. The van der Waals surface area contributed by atoms with Crippen LogP contribution in [0.2, 0.25) is 0 Å². The van der Waals surface area contributed by atoms with Crippen LogP contribution in [0.1, 0.15) is 65.8 Å². The number of nitrogens with two attached hydrogens (primary N) is 2. The lowest BCUT2D eigenvalue weighted by Gasteiger charge is -2.31. The number of benzene rings is 1. The molecule has 1 aromatic carbocycles. The maximum atomic E-state index is 14.6. The zero-order chi connectivity index (χ0) is 41.5. The van der Waals surface area contributed by atoms with Crippen LogP contribution < -0.4 is 21.1 Å². The fourth-order valence-electron chi connectivity index (χ4n) is 5.56. The Morgan fingerprint density at radius 2 is 1.61 bits per heavy atom. The Balaban J connectivity index is 1.74. The van der Waals surface area contributed by atoms with Gasteiger partial charge in [-0.1, -0.05) is 39.8 Å². The van der Waals surface area contributed by atoms with Crippen molar-refractivity contribution in [1.82, 2.24) is 14.7 Å². The second-order valence-corrected chi connectivity index (χ2v) is 15.8. The van der Waals surface area contributed by atoms with E-state index in [1.165, 1.54) is 29.8 Å². The number of hydrogen-bond donors (Lipinski definition) is 3. The normalized spacial score (nSPS) is 21.6. The molecule has 3 aromatic rings. The van der Waals surface area contributed by atoms with Gasteiger partial charge in [-0.15, -0.1) is 0 Å². The lowest BCUT2D eigenvalue weighted by molar-refractivity contribution is -0.173. The van der Waals surface area contributed by atoms with E-state index in [2.05, 4.69) is 10.2 Å². The number of esters is 4. The molecular formula is C37H49N6O12P. The summed E-state index contributed by atoms with van der Waals surface area (Å²) in [4.78, 5) is 51.1. The Kier molecular flexibility index (Phi) is 14.2. The molecule has 19 heteroatoms. The third kappa shape index (κ3) is 10.2. The summed E-state index contributed by atoms with van der Waals surface area (Å²) in [5.41, 5.74) is 11.6. The van der Waals surface area contributed by atoms with Gasteiger partial charge in [-0.05, 0) is 63.1 Å². The van der Waals surface area contributed by atoms with Crippen molar-refractivity contribution in [2.75, 3.05) is 19.5 Å². The number of nitrogens with zero attached hydrogens (tertiary/aromatic N) is 3. The van der Waals surface area contributed by atoms with E-state index in [0.29, 0.717) is 16.8 Å². The fourth-order valence-corrected chi connectivity index (χ4v) is 7.08. The molecule has 5 N–H and O–H groups in total. The van der Waals surface area contributed by atoms with E-state index in [1.54, 1.807) is 71.9 Å². The highest BCUT2D eigenvalue weighted by Crippen LogP contribution is 2.50. The van der Waals surface area contributed by atoms with Gasteiger partial charge in [0.1, 0.15) is 36.6 Å². The number of aromatic nitrogens is 2. The van der Waals surface area contributed by atoms with Gasteiger partial charge < -0.3 is 39.7 Å². The van der Waals surface area contributed by atoms with Gasteiger partial charge in [-0.3, -0.25) is 23.7 Å². The Morgan fingerprint density at radius 1 is 0.964 bits per heavy atom. The minimum atomic E-state index is -4.68.